The van der Waals surface area contributed by atoms with E-state index in [9.17, 15) is 0 Å². The third-order valence-electron chi connectivity index (χ3n) is 1.54. The van der Waals surface area contributed by atoms with Crippen LogP contribution < -0.4 is 0 Å². The number of aryl methyl sites for hydroxylation is 1. The Morgan fingerprint density at radius 2 is 2.09 bits per heavy atom. The van der Waals surface area contributed by atoms with Gasteiger partial charge in [0.15, 0.2) is 6.39 Å². The molecule has 0 amide bonds. The molecular formula is C9H15NO. The molecule has 1 heterocycles. The summed E-state index contributed by atoms with van der Waals surface area (Å²) in [4.78, 5) is 4.13. The van der Waals surface area contributed by atoms with Crippen LogP contribution in [0.4, 0.5) is 0 Å². The van der Waals surface area contributed by atoms with Crippen LogP contribution in [0.2, 0.25) is 0 Å². The number of oxazole rings is 1. The van der Waals surface area contributed by atoms with Gasteiger partial charge in [-0.1, -0.05) is 20.8 Å². The van der Waals surface area contributed by atoms with Gasteiger partial charge in [-0.25, -0.2) is 4.98 Å². The summed E-state index contributed by atoms with van der Waals surface area (Å²) in [6.07, 6.45) is 2.49. The Hall–Kier alpha value is -0.790. The average Bonchev–Trinajstić information content (AvgIpc) is 2.12. The molecule has 0 spiro atoms. The van der Waals surface area contributed by atoms with Crippen molar-refractivity contribution in [3.8, 4) is 0 Å². The van der Waals surface area contributed by atoms with Crippen LogP contribution in [0.25, 0.3) is 0 Å². The first-order chi connectivity index (χ1) is 4.99. The number of nitrogens with zero attached hydrogens (tertiary/aromatic N) is 1. The summed E-state index contributed by atoms with van der Waals surface area (Å²) in [6, 6.07) is 0. The monoisotopic (exact) mass is 153 g/mol. The maximum Gasteiger partial charge on any atom is 0.181 e. The van der Waals surface area contributed by atoms with Crippen molar-refractivity contribution in [3.05, 3.63) is 17.8 Å². The molecule has 1 aromatic rings. The molecule has 0 aliphatic heterocycles. The van der Waals surface area contributed by atoms with Gasteiger partial charge in [-0.05, 0) is 18.8 Å². The van der Waals surface area contributed by atoms with Crippen LogP contribution in [0.1, 0.15) is 32.2 Å². The third-order valence-corrected chi connectivity index (χ3v) is 1.54. The second kappa shape index (κ2) is 2.68. The lowest BCUT2D eigenvalue weighted by Crippen LogP contribution is -2.10. The normalized spacial score (nSPS) is 12.0. The Morgan fingerprint density at radius 1 is 1.45 bits per heavy atom. The van der Waals surface area contributed by atoms with E-state index in [4.69, 9.17) is 4.42 Å². The summed E-state index contributed by atoms with van der Waals surface area (Å²) in [5, 5.41) is 0. The maximum atomic E-state index is 5.10. The zero-order valence-corrected chi connectivity index (χ0v) is 7.64. The molecule has 0 aliphatic carbocycles. The Kier molecular flexibility index (Phi) is 2.03. The van der Waals surface area contributed by atoms with E-state index in [2.05, 4.69) is 25.8 Å². The largest absolute Gasteiger partial charge is 0.449 e. The Morgan fingerprint density at radius 3 is 2.45 bits per heavy atom. The van der Waals surface area contributed by atoms with Crippen LogP contribution in [-0.2, 0) is 6.42 Å². The summed E-state index contributed by atoms with van der Waals surface area (Å²) in [5.41, 5.74) is 1.37. The highest BCUT2D eigenvalue weighted by molar-refractivity contribution is 5.06. The van der Waals surface area contributed by atoms with Gasteiger partial charge in [0.2, 0.25) is 0 Å². The smallest absolute Gasteiger partial charge is 0.181 e. The second-order valence-corrected chi connectivity index (χ2v) is 4.09. The molecule has 2 heteroatoms. The first-order valence-corrected chi connectivity index (χ1v) is 3.88. The molecule has 0 saturated carbocycles. The van der Waals surface area contributed by atoms with Crippen LogP contribution >= 0.6 is 0 Å². The SMILES string of the molecule is Cc1ocnc1CC(C)(C)C. The van der Waals surface area contributed by atoms with Gasteiger partial charge in [0.25, 0.3) is 0 Å². The van der Waals surface area contributed by atoms with E-state index in [-0.39, 0.29) is 0 Å². The van der Waals surface area contributed by atoms with Crippen molar-refractivity contribution in [3.63, 3.8) is 0 Å². The van der Waals surface area contributed by atoms with Crippen molar-refractivity contribution < 1.29 is 4.42 Å². The minimum absolute atomic E-state index is 0.293. The molecule has 0 bridgehead atoms. The van der Waals surface area contributed by atoms with Gasteiger partial charge in [-0.15, -0.1) is 0 Å². The predicted octanol–water partition coefficient (Wildman–Crippen LogP) is 2.57. The summed E-state index contributed by atoms with van der Waals surface area (Å²) >= 11 is 0. The first kappa shape index (κ1) is 8.31. The van der Waals surface area contributed by atoms with Gasteiger partial charge in [-0.2, -0.15) is 0 Å². The minimum atomic E-state index is 0.293. The molecule has 0 radical (unpaired) electrons. The summed E-state index contributed by atoms with van der Waals surface area (Å²) < 4.78 is 5.10. The lowest BCUT2D eigenvalue weighted by atomic mass is 9.90. The van der Waals surface area contributed by atoms with Crippen molar-refractivity contribution in [1.82, 2.24) is 4.98 Å². The third kappa shape index (κ3) is 2.37. The number of hydrogen-bond donors (Lipinski definition) is 0. The van der Waals surface area contributed by atoms with Gasteiger partial charge in [0.05, 0.1) is 5.69 Å². The zero-order valence-electron chi connectivity index (χ0n) is 7.64. The molecule has 0 atom stereocenters. The van der Waals surface area contributed by atoms with Gasteiger partial charge in [-0.3, -0.25) is 0 Å². The fraction of sp³-hybridized carbons (Fsp3) is 0.667. The molecule has 0 aliphatic rings. The van der Waals surface area contributed by atoms with E-state index in [1.54, 1.807) is 0 Å². The molecule has 62 valence electrons. The number of aromatic nitrogens is 1. The summed E-state index contributed by atoms with van der Waals surface area (Å²) in [5.74, 6) is 0.944. The lowest BCUT2D eigenvalue weighted by molar-refractivity contribution is 0.403. The van der Waals surface area contributed by atoms with Crippen LogP contribution in [0.5, 0.6) is 0 Å². The Balaban J connectivity index is 2.72. The molecule has 11 heavy (non-hydrogen) atoms. The van der Waals surface area contributed by atoms with Crippen molar-refractivity contribution in [2.75, 3.05) is 0 Å². The zero-order chi connectivity index (χ0) is 8.48. The number of rotatable bonds is 1. The average molecular weight is 153 g/mol. The minimum Gasteiger partial charge on any atom is -0.449 e. The Labute approximate surface area is 67.6 Å². The highest BCUT2D eigenvalue weighted by Gasteiger charge is 2.14. The Bertz CT molecular complexity index is 232. The van der Waals surface area contributed by atoms with Gasteiger partial charge < -0.3 is 4.42 Å². The summed E-state index contributed by atoms with van der Waals surface area (Å²) in [6.45, 7) is 8.54. The van der Waals surface area contributed by atoms with E-state index in [0.29, 0.717) is 5.41 Å². The standard InChI is InChI=1S/C9H15NO/c1-7-8(10-6-11-7)5-9(2,3)4/h6H,5H2,1-4H3. The van der Waals surface area contributed by atoms with E-state index >= 15 is 0 Å². The molecular weight excluding hydrogens is 138 g/mol. The summed E-state index contributed by atoms with van der Waals surface area (Å²) in [7, 11) is 0. The fourth-order valence-corrected chi connectivity index (χ4v) is 1.00. The molecule has 1 aromatic heterocycles. The quantitative estimate of drug-likeness (QED) is 0.619. The van der Waals surface area contributed by atoms with Crippen molar-refractivity contribution in [2.24, 2.45) is 5.41 Å². The van der Waals surface area contributed by atoms with Crippen molar-refractivity contribution in [1.29, 1.82) is 0 Å². The van der Waals surface area contributed by atoms with E-state index in [0.717, 1.165) is 17.9 Å². The lowest BCUT2D eigenvalue weighted by Gasteiger charge is -2.15. The van der Waals surface area contributed by atoms with E-state index < -0.39 is 0 Å². The van der Waals surface area contributed by atoms with Gasteiger partial charge in [0.1, 0.15) is 5.76 Å². The molecule has 0 fully saturated rings. The number of hydrogen-bond acceptors (Lipinski definition) is 2. The van der Waals surface area contributed by atoms with Crippen molar-refractivity contribution in [2.45, 2.75) is 34.1 Å². The molecule has 1 rings (SSSR count). The molecule has 0 unspecified atom stereocenters. The van der Waals surface area contributed by atoms with Crippen LogP contribution in [0, 0.1) is 12.3 Å². The van der Waals surface area contributed by atoms with Crippen molar-refractivity contribution >= 4 is 0 Å². The topological polar surface area (TPSA) is 26.0 Å². The molecule has 0 aromatic carbocycles. The van der Waals surface area contributed by atoms with Crippen LogP contribution in [0.15, 0.2) is 10.8 Å². The van der Waals surface area contributed by atoms with Crippen LogP contribution in [-0.4, -0.2) is 4.98 Å². The fourth-order valence-electron chi connectivity index (χ4n) is 1.00. The molecule has 0 N–H and O–H groups in total. The maximum absolute atomic E-state index is 5.10. The first-order valence-electron chi connectivity index (χ1n) is 3.88. The van der Waals surface area contributed by atoms with Crippen LogP contribution in [0.3, 0.4) is 0 Å². The highest BCUT2D eigenvalue weighted by Crippen LogP contribution is 2.21. The molecule has 0 saturated heterocycles. The van der Waals surface area contributed by atoms with E-state index in [1.165, 1.54) is 6.39 Å². The van der Waals surface area contributed by atoms with Gasteiger partial charge >= 0.3 is 0 Å². The second-order valence-electron chi connectivity index (χ2n) is 4.09. The highest BCUT2D eigenvalue weighted by atomic mass is 16.3. The van der Waals surface area contributed by atoms with E-state index in [1.807, 2.05) is 6.92 Å². The van der Waals surface area contributed by atoms with Gasteiger partial charge in [0, 0.05) is 0 Å². The predicted molar refractivity (Wildman–Crippen MR) is 44.4 cm³/mol. The molecule has 2 nitrogen and oxygen atoms in total.